The highest BCUT2D eigenvalue weighted by Crippen LogP contribution is 2.42. The number of aromatic nitrogens is 1. The van der Waals surface area contributed by atoms with Crippen LogP contribution in [-0.2, 0) is 0 Å². The Morgan fingerprint density at radius 2 is 1.17 bits per heavy atom. The highest BCUT2D eigenvalue weighted by Gasteiger charge is 2.19. The van der Waals surface area contributed by atoms with Gasteiger partial charge in [-0.05, 0) is 31.9 Å². The Morgan fingerprint density at radius 3 is 1.57 bits per heavy atom. The van der Waals surface area contributed by atoms with E-state index >= 15 is 0 Å². The Bertz CT molecular complexity index is 731. The van der Waals surface area contributed by atoms with Crippen LogP contribution in [0.4, 0.5) is 0 Å². The van der Waals surface area contributed by atoms with Gasteiger partial charge in [0.25, 0.3) is 0 Å². The first-order valence-corrected chi connectivity index (χ1v) is 7.97. The van der Waals surface area contributed by atoms with Crippen LogP contribution in [-0.4, -0.2) is 11.6 Å². The van der Waals surface area contributed by atoms with Crippen LogP contribution in [0.5, 0.6) is 5.75 Å². The average Bonchev–Trinajstić information content (AvgIpc) is 2.57. The summed E-state index contributed by atoms with van der Waals surface area (Å²) >= 11 is 0. The van der Waals surface area contributed by atoms with E-state index in [-0.39, 0.29) is 0 Å². The molecule has 0 radical (unpaired) electrons. The topological polar surface area (TPSA) is 22.1 Å². The molecule has 1 heterocycles. The minimum absolute atomic E-state index is 0.628. The van der Waals surface area contributed by atoms with Crippen LogP contribution >= 0.6 is 0 Å². The van der Waals surface area contributed by atoms with Crippen molar-refractivity contribution in [3.8, 4) is 28.0 Å². The van der Waals surface area contributed by atoms with Crippen molar-refractivity contribution in [3.63, 3.8) is 0 Å². The number of pyridine rings is 1. The van der Waals surface area contributed by atoms with Crippen LogP contribution in [0.1, 0.15) is 18.3 Å². The molecule has 0 saturated heterocycles. The molecule has 0 saturated carbocycles. The van der Waals surface area contributed by atoms with Crippen molar-refractivity contribution >= 4 is 0 Å². The van der Waals surface area contributed by atoms with Crippen molar-refractivity contribution in [1.82, 2.24) is 4.98 Å². The molecule has 0 unspecified atom stereocenters. The summed E-state index contributed by atoms with van der Waals surface area (Å²) in [5.41, 5.74) is 6.43. The lowest BCUT2D eigenvalue weighted by Gasteiger charge is -2.19. The number of nitrogens with zero attached hydrogens (tertiary/aromatic N) is 1. The van der Waals surface area contributed by atoms with Gasteiger partial charge in [-0.2, -0.15) is 0 Å². The number of hydrogen-bond donors (Lipinski definition) is 0. The number of rotatable bonds is 4. The highest BCUT2D eigenvalue weighted by molar-refractivity contribution is 5.84. The van der Waals surface area contributed by atoms with Gasteiger partial charge in [0.2, 0.25) is 0 Å². The van der Waals surface area contributed by atoms with Gasteiger partial charge in [0.1, 0.15) is 5.75 Å². The summed E-state index contributed by atoms with van der Waals surface area (Å²) in [6.07, 6.45) is 0. The molecule has 2 aromatic carbocycles. The number of hydrogen-bond acceptors (Lipinski definition) is 2. The number of ether oxygens (including phenoxy) is 1. The molecule has 0 atom stereocenters. The normalized spacial score (nSPS) is 10.6. The monoisotopic (exact) mass is 303 g/mol. The first kappa shape index (κ1) is 15.3. The predicted octanol–water partition coefficient (Wildman–Crippen LogP) is 5.43. The van der Waals surface area contributed by atoms with Gasteiger partial charge >= 0.3 is 0 Å². The third-order valence-corrected chi connectivity index (χ3v) is 3.93. The SMILES string of the molecule is CCOc1c(-c2ccccc2)c(C)nc(C)c1-c1ccccc1. The quantitative estimate of drug-likeness (QED) is 0.641. The summed E-state index contributed by atoms with van der Waals surface area (Å²) in [6, 6.07) is 20.7. The average molecular weight is 303 g/mol. The van der Waals surface area contributed by atoms with Crippen molar-refractivity contribution in [2.24, 2.45) is 0 Å². The third kappa shape index (κ3) is 2.98. The molecular formula is C21H21NO. The van der Waals surface area contributed by atoms with Gasteiger partial charge in [0.15, 0.2) is 0 Å². The van der Waals surface area contributed by atoms with Gasteiger partial charge in [-0.15, -0.1) is 0 Å². The van der Waals surface area contributed by atoms with Crippen molar-refractivity contribution in [2.45, 2.75) is 20.8 Å². The maximum absolute atomic E-state index is 6.10. The van der Waals surface area contributed by atoms with Gasteiger partial charge < -0.3 is 4.74 Å². The van der Waals surface area contributed by atoms with E-state index in [4.69, 9.17) is 9.72 Å². The molecule has 23 heavy (non-hydrogen) atoms. The van der Waals surface area contributed by atoms with Crippen LogP contribution in [0, 0.1) is 13.8 Å². The standard InChI is InChI=1S/C21H21NO/c1-4-23-21-19(17-11-7-5-8-12-17)15(2)22-16(3)20(21)18-13-9-6-10-14-18/h5-14H,4H2,1-3H3. The maximum atomic E-state index is 6.10. The van der Waals surface area contributed by atoms with Crippen LogP contribution in [0.15, 0.2) is 60.7 Å². The van der Waals surface area contributed by atoms with Crippen molar-refractivity contribution < 1.29 is 4.74 Å². The van der Waals surface area contributed by atoms with Gasteiger partial charge in [-0.3, -0.25) is 4.98 Å². The van der Waals surface area contributed by atoms with E-state index in [2.05, 4.69) is 24.3 Å². The summed E-state index contributed by atoms with van der Waals surface area (Å²) in [5.74, 6) is 0.926. The predicted molar refractivity (Wildman–Crippen MR) is 95.8 cm³/mol. The molecular weight excluding hydrogens is 282 g/mol. The molecule has 0 amide bonds. The highest BCUT2D eigenvalue weighted by atomic mass is 16.5. The van der Waals surface area contributed by atoms with Gasteiger partial charge in [0.05, 0.1) is 6.61 Å². The molecule has 1 aromatic heterocycles. The van der Waals surface area contributed by atoms with Crippen molar-refractivity contribution in [3.05, 3.63) is 72.1 Å². The van der Waals surface area contributed by atoms with Crippen molar-refractivity contribution in [1.29, 1.82) is 0 Å². The summed E-state index contributed by atoms with van der Waals surface area (Å²) in [6.45, 7) is 6.75. The molecule has 0 aliphatic carbocycles. The van der Waals surface area contributed by atoms with Crippen LogP contribution in [0.2, 0.25) is 0 Å². The maximum Gasteiger partial charge on any atom is 0.138 e. The van der Waals surface area contributed by atoms with Crippen LogP contribution in [0.3, 0.4) is 0 Å². The molecule has 3 rings (SSSR count). The van der Waals surface area contributed by atoms with Crippen LogP contribution in [0.25, 0.3) is 22.3 Å². The van der Waals surface area contributed by atoms with E-state index in [9.17, 15) is 0 Å². The van der Waals surface area contributed by atoms with Crippen molar-refractivity contribution in [2.75, 3.05) is 6.61 Å². The Kier molecular flexibility index (Phi) is 4.42. The minimum atomic E-state index is 0.628. The Balaban J connectivity index is 2.32. The third-order valence-electron chi connectivity index (χ3n) is 3.93. The lowest BCUT2D eigenvalue weighted by Crippen LogP contribution is -2.03. The van der Waals surface area contributed by atoms with E-state index in [0.717, 1.165) is 39.4 Å². The zero-order valence-electron chi connectivity index (χ0n) is 13.8. The molecule has 0 aliphatic heterocycles. The van der Waals surface area contributed by atoms with E-state index in [1.807, 2.05) is 57.2 Å². The molecule has 2 nitrogen and oxygen atoms in total. The largest absolute Gasteiger partial charge is 0.492 e. The summed E-state index contributed by atoms with van der Waals surface area (Å²) in [4.78, 5) is 4.79. The first-order valence-electron chi connectivity index (χ1n) is 7.97. The fourth-order valence-corrected chi connectivity index (χ4v) is 3.00. The lowest BCUT2D eigenvalue weighted by molar-refractivity contribution is 0.342. The smallest absolute Gasteiger partial charge is 0.138 e. The van der Waals surface area contributed by atoms with Gasteiger partial charge in [-0.1, -0.05) is 60.7 Å². The van der Waals surface area contributed by atoms with E-state index < -0.39 is 0 Å². The minimum Gasteiger partial charge on any atom is -0.492 e. The molecule has 116 valence electrons. The Labute approximate surface area is 137 Å². The fourth-order valence-electron chi connectivity index (χ4n) is 3.00. The summed E-state index contributed by atoms with van der Waals surface area (Å²) in [7, 11) is 0. The summed E-state index contributed by atoms with van der Waals surface area (Å²) in [5, 5.41) is 0. The Morgan fingerprint density at radius 1 is 0.739 bits per heavy atom. The van der Waals surface area contributed by atoms with E-state index in [0.29, 0.717) is 6.61 Å². The summed E-state index contributed by atoms with van der Waals surface area (Å²) < 4.78 is 6.10. The second-order valence-corrected chi connectivity index (χ2v) is 5.53. The molecule has 0 fully saturated rings. The van der Waals surface area contributed by atoms with Gasteiger partial charge in [0, 0.05) is 22.5 Å². The second kappa shape index (κ2) is 6.66. The number of aryl methyl sites for hydroxylation is 2. The van der Waals surface area contributed by atoms with Gasteiger partial charge in [-0.25, -0.2) is 0 Å². The molecule has 2 heteroatoms. The molecule has 0 aliphatic rings. The second-order valence-electron chi connectivity index (χ2n) is 5.53. The zero-order chi connectivity index (χ0) is 16.2. The molecule has 3 aromatic rings. The fraction of sp³-hybridized carbons (Fsp3) is 0.190. The Hall–Kier alpha value is -2.61. The molecule has 0 N–H and O–H groups in total. The van der Waals surface area contributed by atoms with Crippen LogP contribution < -0.4 is 4.74 Å². The first-order chi connectivity index (χ1) is 11.2. The van der Waals surface area contributed by atoms with E-state index in [1.165, 1.54) is 0 Å². The lowest BCUT2D eigenvalue weighted by atomic mass is 9.95. The van der Waals surface area contributed by atoms with E-state index in [1.54, 1.807) is 0 Å². The number of benzene rings is 2. The molecule has 0 spiro atoms. The zero-order valence-corrected chi connectivity index (χ0v) is 13.8. The molecule has 0 bridgehead atoms.